The van der Waals surface area contributed by atoms with Gasteiger partial charge in [0.25, 0.3) is 0 Å². The van der Waals surface area contributed by atoms with Crippen molar-refractivity contribution in [2.45, 2.75) is 37.5 Å². The van der Waals surface area contributed by atoms with Crippen LogP contribution in [0.2, 0.25) is 5.02 Å². The minimum absolute atomic E-state index is 0.0520. The van der Waals surface area contributed by atoms with Gasteiger partial charge in [-0.25, -0.2) is 0 Å². The molecule has 1 saturated carbocycles. The Labute approximate surface area is 108 Å². The zero-order valence-corrected chi connectivity index (χ0v) is 10.6. The summed E-state index contributed by atoms with van der Waals surface area (Å²) in [7, 11) is 1.62. The van der Waals surface area contributed by atoms with E-state index in [0.29, 0.717) is 10.7 Å². The van der Waals surface area contributed by atoms with E-state index in [-0.39, 0.29) is 25.7 Å². The monoisotopic (exact) mass is 282 g/mol. The first kappa shape index (κ1) is 13.7. The van der Waals surface area contributed by atoms with Crippen LogP contribution in [0.5, 0.6) is 0 Å². The fraction of sp³-hybridized carbons (Fsp3) is 0.727. The molecule has 7 heteroatoms. The Kier molecular flexibility index (Phi) is 3.36. The molecule has 1 N–H and O–H groups in total. The minimum atomic E-state index is -4.18. The molecule has 18 heavy (non-hydrogen) atoms. The average Bonchev–Trinajstić information content (AvgIpc) is 2.58. The van der Waals surface area contributed by atoms with Crippen molar-refractivity contribution in [3.05, 3.63) is 16.9 Å². The molecule has 0 amide bonds. The lowest BCUT2D eigenvalue weighted by Crippen LogP contribution is -2.37. The second-order valence-corrected chi connectivity index (χ2v) is 5.22. The van der Waals surface area contributed by atoms with Crippen molar-refractivity contribution in [2.24, 2.45) is 13.0 Å². The highest BCUT2D eigenvalue weighted by Crippen LogP contribution is 2.46. The number of aliphatic hydroxyl groups is 1. The van der Waals surface area contributed by atoms with Crippen molar-refractivity contribution in [2.75, 3.05) is 0 Å². The van der Waals surface area contributed by atoms with E-state index in [4.69, 9.17) is 11.6 Å². The van der Waals surface area contributed by atoms with Crippen LogP contribution in [0, 0.1) is 5.92 Å². The Morgan fingerprint density at radius 1 is 1.44 bits per heavy atom. The Morgan fingerprint density at radius 2 is 2.00 bits per heavy atom. The molecule has 1 heterocycles. The SMILES string of the molecule is Cn1ncc(Cl)c1C1(O)CCC(C(F)(F)F)CC1. The summed E-state index contributed by atoms with van der Waals surface area (Å²) in [6.45, 7) is 0. The van der Waals surface area contributed by atoms with Crippen LogP contribution < -0.4 is 0 Å². The van der Waals surface area contributed by atoms with Crippen LogP contribution in [0.3, 0.4) is 0 Å². The van der Waals surface area contributed by atoms with Crippen molar-refractivity contribution in [1.29, 1.82) is 0 Å². The molecule has 1 fully saturated rings. The van der Waals surface area contributed by atoms with E-state index >= 15 is 0 Å². The number of aromatic nitrogens is 2. The molecule has 102 valence electrons. The van der Waals surface area contributed by atoms with E-state index in [2.05, 4.69) is 5.10 Å². The number of nitrogens with zero attached hydrogens (tertiary/aromatic N) is 2. The van der Waals surface area contributed by atoms with Crippen LogP contribution in [0.15, 0.2) is 6.20 Å². The molecule has 1 aromatic heterocycles. The van der Waals surface area contributed by atoms with E-state index in [1.807, 2.05) is 0 Å². The van der Waals surface area contributed by atoms with Gasteiger partial charge in [-0.2, -0.15) is 18.3 Å². The van der Waals surface area contributed by atoms with Gasteiger partial charge < -0.3 is 5.11 Å². The summed E-state index contributed by atoms with van der Waals surface area (Å²) in [5, 5.41) is 14.7. The van der Waals surface area contributed by atoms with Crippen LogP contribution in [0.1, 0.15) is 31.4 Å². The topological polar surface area (TPSA) is 38.0 Å². The van der Waals surface area contributed by atoms with E-state index in [1.165, 1.54) is 10.9 Å². The molecular weight excluding hydrogens is 269 g/mol. The summed E-state index contributed by atoms with van der Waals surface area (Å²) in [4.78, 5) is 0. The molecule has 1 aliphatic rings. The third kappa shape index (κ3) is 2.36. The summed E-state index contributed by atoms with van der Waals surface area (Å²) in [6.07, 6.45) is -2.85. The number of alkyl halides is 3. The highest BCUT2D eigenvalue weighted by Gasteiger charge is 2.47. The summed E-state index contributed by atoms with van der Waals surface area (Å²) < 4.78 is 39.1. The fourth-order valence-electron chi connectivity index (χ4n) is 2.59. The van der Waals surface area contributed by atoms with Gasteiger partial charge in [0, 0.05) is 7.05 Å². The highest BCUT2D eigenvalue weighted by atomic mass is 35.5. The van der Waals surface area contributed by atoms with Gasteiger partial charge in [-0.05, 0) is 25.7 Å². The third-order valence-corrected chi connectivity index (χ3v) is 3.89. The van der Waals surface area contributed by atoms with Gasteiger partial charge in [-0.1, -0.05) is 11.6 Å². The number of aryl methyl sites for hydroxylation is 1. The van der Waals surface area contributed by atoms with E-state index in [9.17, 15) is 18.3 Å². The third-order valence-electron chi connectivity index (χ3n) is 3.61. The van der Waals surface area contributed by atoms with Gasteiger partial charge in [0.1, 0.15) is 5.60 Å². The maximum atomic E-state index is 12.6. The quantitative estimate of drug-likeness (QED) is 0.860. The second-order valence-electron chi connectivity index (χ2n) is 4.81. The van der Waals surface area contributed by atoms with Crippen molar-refractivity contribution in [3.8, 4) is 0 Å². The number of hydrogen-bond acceptors (Lipinski definition) is 2. The summed E-state index contributed by atoms with van der Waals surface area (Å²) >= 11 is 5.93. The summed E-state index contributed by atoms with van der Waals surface area (Å²) in [5.74, 6) is -1.33. The molecule has 0 radical (unpaired) electrons. The van der Waals surface area contributed by atoms with Gasteiger partial charge in [-0.15, -0.1) is 0 Å². The molecule has 0 spiro atoms. The molecule has 0 aromatic carbocycles. The Hall–Kier alpha value is -0.750. The maximum absolute atomic E-state index is 12.6. The van der Waals surface area contributed by atoms with Crippen LogP contribution in [-0.2, 0) is 12.6 Å². The first-order valence-corrected chi connectivity index (χ1v) is 6.09. The lowest BCUT2D eigenvalue weighted by atomic mass is 9.77. The molecule has 0 saturated heterocycles. The van der Waals surface area contributed by atoms with Gasteiger partial charge >= 0.3 is 6.18 Å². The van der Waals surface area contributed by atoms with Crippen molar-refractivity contribution in [1.82, 2.24) is 9.78 Å². The van der Waals surface area contributed by atoms with Crippen LogP contribution in [0.4, 0.5) is 13.2 Å². The zero-order valence-electron chi connectivity index (χ0n) is 9.84. The maximum Gasteiger partial charge on any atom is 0.391 e. The summed E-state index contributed by atoms with van der Waals surface area (Å²) in [6, 6.07) is 0. The molecular formula is C11H14ClF3N2O. The Bertz CT molecular complexity index is 416. The van der Waals surface area contributed by atoms with Crippen molar-refractivity contribution >= 4 is 11.6 Å². The van der Waals surface area contributed by atoms with Gasteiger partial charge in [0.05, 0.1) is 22.8 Å². The lowest BCUT2D eigenvalue weighted by Gasteiger charge is -2.36. The molecule has 3 nitrogen and oxygen atoms in total. The van der Waals surface area contributed by atoms with Gasteiger partial charge in [0.2, 0.25) is 0 Å². The van der Waals surface area contributed by atoms with Crippen molar-refractivity contribution < 1.29 is 18.3 Å². The lowest BCUT2D eigenvalue weighted by molar-refractivity contribution is -0.193. The Morgan fingerprint density at radius 3 is 2.39 bits per heavy atom. The second kappa shape index (κ2) is 4.42. The van der Waals surface area contributed by atoms with Crippen LogP contribution in [0.25, 0.3) is 0 Å². The largest absolute Gasteiger partial charge is 0.391 e. The van der Waals surface area contributed by atoms with Gasteiger partial charge in [0.15, 0.2) is 0 Å². The van der Waals surface area contributed by atoms with E-state index < -0.39 is 17.7 Å². The highest BCUT2D eigenvalue weighted by molar-refractivity contribution is 6.31. The summed E-state index contributed by atoms with van der Waals surface area (Å²) in [5.41, 5.74) is -0.894. The standard InChI is InChI=1S/C11H14ClF3N2O/c1-17-9(8(12)6-16-17)10(18)4-2-7(3-5-10)11(13,14)15/h6-7,18H,2-5H2,1H3. The molecule has 1 aliphatic carbocycles. The van der Waals surface area contributed by atoms with Gasteiger partial charge in [-0.3, -0.25) is 4.68 Å². The first-order valence-electron chi connectivity index (χ1n) is 5.71. The normalized spacial score (nSPS) is 29.6. The van der Waals surface area contributed by atoms with Crippen molar-refractivity contribution in [3.63, 3.8) is 0 Å². The molecule has 0 atom stereocenters. The van der Waals surface area contributed by atoms with E-state index in [0.717, 1.165) is 0 Å². The number of rotatable bonds is 1. The smallest absolute Gasteiger partial charge is 0.384 e. The molecule has 0 aliphatic heterocycles. The molecule has 1 aromatic rings. The fourth-order valence-corrected chi connectivity index (χ4v) is 2.94. The Balaban J connectivity index is 2.18. The average molecular weight is 283 g/mol. The van der Waals surface area contributed by atoms with E-state index in [1.54, 1.807) is 7.05 Å². The predicted octanol–water partition coefficient (Wildman–Crippen LogP) is 3.01. The molecule has 0 bridgehead atoms. The number of hydrogen-bond donors (Lipinski definition) is 1. The molecule has 2 rings (SSSR count). The van der Waals surface area contributed by atoms with Crippen LogP contribution >= 0.6 is 11.6 Å². The first-order chi connectivity index (χ1) is 8.24. The molecule has 0 unspecified atom stereocenters. The zero-order chi connectivity index (χ0) is 13.6. The van der Waals surface area contributed by atoms with Crippen LogP contribution in [-0.4, -0.2) is 21.1 Å². The predicted molar refractivity (Wildman–Crippen MR) is 60.1 cm³/mol. The minimum Gasteiger partial charge on any atom is -0.384 e. The number of halogens is 4.